The van der Waals surface area contributed by atoms with Crippen LogP contribution in [0.2, 0.25) is 0 Å². The molecule has 1 aromatic heterocycles. The van der Waals surface area contributed by atoms with Gasteiger partial charge in [-0.1, -0.05) is 25.1 Å². The van der Waals surface area contributed by atoms with Crippen LogP contribution in [-0.4, -0.2) is 44.6 Å². The first-order valence-corrected chi connectivity index (χ1v) is 7.55. The van der Waals surface area contributed by atoms with E-state index in [1.807, 2.05) is 38.1 Å². The highest BCUT2D eigenvalue weighted by Gasteiger charge is 2.17. The number of anilines is 1. The first-order chi connectivity index (χ1) is 11.1. The molecule has 1 aromatic carbocycles. The van der Waals surface area contributed by atoms with Crippen molar-refractivity contribution in [1.29, 1.82) is 0 Å². The van der Waals surface area contributed by atoms with Gasteiger partial charge < -0.3 is 10.2 Å². The molecule has 0 bridgehead atoms. The van der Waals surface area contributed by atoms with Crippen molar-refractivity contribution in [2.24, 2.45) is 0 Å². The number of amides is 2. The number of carbonyl (C=O) groups is 2. The Kier molecular flexibility index (Phi) is 5.85. The number of para-hydroxylation sites is 1. The topological polar surface area (TPSA) is 80.1 Å². The highest BCUT2D eigenvalue weighted by Crippen LogP contribution is 2.13. The summed E-state index contributed by atoms with van der Waals surface area (Å²) >= 11 is 0. The van der Waals surface area contributed by atoms with Crippen molar-refractivity contribution in [3.8, 4) is 0 Å². The fraction of sp³-hybridized carbons (Fsp3) is 0.375. The van der Waals surface area contributed by atoms with Crippen LogP contribution in [-0.2, 0) is 16.1 Å². The minimum Gasteiger partial charge on any atom is -0.332 e. The predicted molar refractivity (Wildman–Crippen MR) is 86.7 cm³/mol. The van der Waals surface area contributed by atoms with Crippen molar-refractivity contribution < 1.29 is 9.59 Å². The van der Waals surface area contributed by atoms with Crippen molar-refractivity contribution in [2.45, 2.75) is 26.8 Å². The number of nitrogens with zero attached hydrogens (tertiary/aromatic N) is 4. The van der Waals surface area contributed by atoms with E-state index in [1.54, 1.807) is 0 Å². The largest absolute Gasteiger partial charge is 0.332 e. The van der Waals surface area contributed by atoms with Crippen LogP contribution < -0.4 is 5.32 Å². The Morgan fingerprint density at radius 2 is 2.09 bits per heavy atom. The number of nitrogens with one attached hydrogen (secondary N) is 1. The molecule has 0 fully saturated rings. The zero-order chi connectivity index (χ0) is 16.7. The third kappa shape index (κ3) is 4.91. The lowest BCUT2D eigenvalue weighted by Gasteiger charge is -2.21. The van der Waals surface area contributed by atoms with Crippen molar-refractivity contribution in [1.82, 2.24) is 19.7 Å². The standard InChI is InChI=1S/C16H21N5O2/c1-3-8-20(16(23)10-21-12-17-11-18-21)9-15(22)19-14-7-5-4-6-13(14)2/h4-7,11-12H,3,8-10H2,1-2H3,(H,19,22). The minimum absolute atomic E-state index is 0.0235. The van der Waals surface area contributed by atoms with Gasteiger partial charge in [0.2, 0.25) is 11.8 Å². The molecule has 1 N–H and O–H groups in total. The quantitative estimate of drug-likeness (QED) is 0.839. The molecule has 7 nitrogen and oxygen atoms in total. The minimum atomic E-state index is -0.209. The molecular formula is C16H21N5O2. The molecule has 2 aromatic rings. The fourth-order valence-corrected chi connectivity index (χ4v) is 2.19. The Labute approximate surface area is 135 Å². The SMILES string of the molecule is CCCN(CC(=O)Nc1ccccc1C)C(=O)Cn1cncn1. The molecule has 0 unspecified atom stereocenters. The van der Waals surface area contributed by atoms with E-state index in [-0.39, 0.29) is 24.9 Å². The summed E-state index contributed by atoms with van der Waals surface area (Å²) in [7, 11) is 0. The lowest BCUT2D eigenvalue weighted by Crippen LogP contribution is -2.40. The molecule has 0 saturated carbocycles. The second-order valence-electron chi connectivity index (χ2n) is 5.27. The first-order valence-electron chi connectivity index (χ1n) is 7.55. The molecule has 0 spiro atoms. The van der Waals surface area contributed by atoms with Crippen LogP contribution >= 0.6 is 0 Å². The zero-order valence-corrected chi connectivity index (χ0v) is 13.4. The molecule has 0 aliphatic rings. The van der Waals surface area contributed by atoms with Gasteiger partial charge in [-0.2, -0.15) is 5.10 Å². The molecule has 7 heteroatoms. The molecular weight excluding hydrogens is 294 g/mol. The van der Waals surface area contributed by atoms with Gasteiger partial charge in [0, 0.05) is 12.2 Å². The second kappa shape index (κ2) is 8.07. The Balaban J connectivity index is 1.96. The van der Waals surface area contributed by atoms with Crippen molar-refractivity contribution >= 4 is 17.5 Å². The van der Waals surface area contributed by atoms with Gasteiger partial charge in [-0.15, -0.1) is 0 Å². The molecule has 0 atom stereocenters. The van der Waals surface area contributed by atoms with Gasteiger partial charge in [-0.05, 0) is 25.0 Å². The summed E-state index contributed by atoms with van der Waals surface area (Å²) in [5.41, 5.74) is 1.74. The maximum absolute atomic E-state index is 12.3. The maximum atomic E-state index is 12.3. The van der Waals surface area contributed by atoms with Crippen molar-refractivity contribution in [3.63, 3.8) is 0 Å². The highest BCUT2D eigenvalue weighted by molar-refractivity contribution is 5.95. The molecule has 2 rings (SSSR count). The number of benzene rings is 1. The smallest absolute Gasteiger partial charge is 0.244 e. The third-order valence-electron chi connectivity index (χ3n) is 3.36. The predicted octanol–water partition coefficient (Wildman–Crippen LogP) is 1.46. The molecule has 23 heavy (non-hydrogen) atoms. The Morgan fingerprint density at radius 3 is 2.74 bits per heavy atom. The van der Waals surface area contributed by atoms with Crippen LogP contribution in [0, 0.1) is 6.92 Å². The monoisotopic (exact) mass is 315 g/mol. The summed E-state index contributed by atoms with van der Waals surface area (Å²) in [5.74, 6) is -0.364. The maximum Gasteiger partial charge on any atom is 0.244 e. The molecule has 1 heterocycles. The Morgan fingerprint density at radius 1 is 1.30 bits per heavy atom. The van der Waals surface area contributed by atoms with E-state index >= 15 is 0 Å². The lowest BCUT2D eigenvalue weighted by atomic mass is 10.2. The van der Waals surface area contributed by atoms with Crippen LogP contribution in [0.1, 0.15) is 18.9 Å². The van der Waals surface area contributed by atoms with Gasteiger partial charge in [0.15, 0.2) is 0 Å². The summed E-state index contributed by atoms with van der Waals surface area (Å²) in [6.07, 6.45) is 3.64. The van der Waals surface area contributed by atoms with E-state index in [9.17, 15) is 9.59 Å². The summed E-state index contributed by atoms with van der Waals surface area (Å²) < 4.78 is 1.45. The van der Waals surface area contributed by atoms with Crippen LogP contribution in [0.4, 0.5) is 5.69 Å². The number of aromatic nitrogens is 3. The lowest BCUT2D eigenvalue weighted by molar-refractivity contribution is -0.135. The Hall–Kier alpha value is -2.70. The summed E-state index contributed by atoms with van der Waals surface area (Å²) in [4.78, 5) is 29.9. The molecule has 0 aliphatic heterocycles. The Bertz CT molecular complexity index is 654. The van der Waals surface area contributed by atoms with E-state index in [1.165, 1.54) is 22.2 Å². The van der Waals surface area contributed by atoms with Crippen molar-refractivity contribution in [3.05, 3.63) is 42.5 Å². The summed E-state index contributed by atoms with van der Waals surface area (Å²) in [6, 6.07) is 7.54. The molecule has 0 saturated heterocycles. The van der Waals surface area contributed by atoms with Gasteiger partial charge in [0.1, 0.15) is 19.2 Å². The van der Waals surface area contributed by atoms with E-state index < -0.39 is 0 Å². The zero-order valence-electron chi connectivity index (χ0n) is 13.4. The highest BCUT2D eigenvalue weighted by atomic mass is 16.2. The number of carbonyl (C=O) groups excluding carboxylic acids is 2. The average Bonchev–Trinajstić information content (AvgIpc) is 3.02. The van der Waals surface area contributed by atoms with Gasteiger partial charge in [-0.3, -0.25) is 9.59 Å². The van der Waals surface area contributed by atoms with Gasteiger partial charge in [0.05, 0.1) is 6.54 Å². The van der Waals surface area contributed by atoms with Gasteiger partial charge in [-0.25, -0.2) is 9.67 Å². The van der Waals surface area contributed by atoms with E-state index in [2.05, 4.69) is 15.4 Å². The van der Waals surface area contributed by atoms with Crippen LogP contribution in [0.5, 0.6) is 0 Å². The molecule has 2 amide bonds. The molecule has 0 aliphatic carbocycles. The van der Waals surface area contributed by atoms with E-state index in [0.717, 1.165) is 17.7 Å². The number of hydrogen-bond donors (Lipinski definition) is 1. The number of rotatable bonds is 7. The normalized spacial score (nSPS) is 10.3. The number of aryl methyl sites for hydroxylation is 1. The fourth-order valence-electron chi connectivity index (χ4n) is 2.19. The molecule has 122 valence electrons. The van der Waals surface area contributed by atoms with E-state index in [4.69, 9.17) is 0 Å². The third-order valence-corrected chi connectivity index (χ3v) is 3.36. The van der Waals surface area contributed by atoms with Crippen LogP contribution in [0.3, 0.4) is 0 Å². The van der Waals surface area contributed by atoms with Crippen molar-refractivity contribution in [2.75, 3.05) is 18.4 Å². The number of hydrogen-bond acceptors (Lipinski definition) is 4. The summed E-state index contributed by atoms with van der Waals surface area (Å²) in [6.45, 7) is 4.52. The van der Waals surface area contributed by atoms with E-state index in [0.29, 0.717) is 6.54 Å². The van der Waals surface area contributed by atoms with Crippen LogP contribution in [0.15, 0.2) is 36.9 Å². The second-order valence-corrected chi connectivity index (χ2v) is 5.27. The van der Waals surface area contributed by atoms with Gasteiger partial charge in [0.25, 0.3) is 0 Å². The first kappa shape index (κ1) is 16.7. The van der Waals surface area contributed by atoms with Crippen LogP contribution in [0.25, 0.3) is 0 Å². The molecule has 0 radical (unpaired) electrons. The van der Waals surface area contributed by atoms with Gasteiger partial charge >= 0.3 is 0 Å². The average molecular weight is 315 g/mol. The summed E-state index contributed by atoms with van der Waals surface area (Å²) in [5, 5.41) is 6.76.